The van der Waals surface area contributed by atoms with Crippen LogP contribution in [0.25, 0.3) is 0 Å². The second-order valence-electron chi connectivity index (χ2n) is 10.2. The van der Waals surface area contributed by atoms with Gasteiger partial charge < -0.3 is 29.9 Å². The SMILES string of the molecule is O=C(NCCO)C1=CC(N(CCN2CCOCC2)C(=O)c2ccc(C(F)(F)F)cc2)C(O)C2Oc3ccccc3C12. The summed E-state index contributed by atoms with van der Waals surface area (Å²) in [6, 6.07) is 10.0. The molecule has 4 unspecified atom stereocenters. The average Bonchev–Trinajstić information content (AvgIpc) is 3.37. The maximum Gasteiger partial charge on any atom is 0.416 e. The van der Waals surface area contributed by atoms with E-state index in [1.165, 1.54) is 4.90 Å². The van der Waals surface area contributed by atoms with Crippen molar-refractivity contribution < 1.29 is 42.4 Å². The van der Waals surface area contributed by atoms with Crippen LogP contribution in [0.2, 0.25) is 0 Å². The van der Waals surface area contributed by atoms with E-state index in [1.54, 1.807) is 24.3 Å². The number of hydrogen-bond donors (Lipinski definition) is 3. The number of ether oxygens (including phenoxy) is 2. The number of carbonyl (C=O) groups excluding carboxylic acids is 2. The van der Waals surface area contributed by atoms with E-state index in [9.17, 15) is 33.0 Å². The molecule has 4 atom stereocenters. The number of carbonyl (C=O) groups is 2. The minimum Gasteiger partial charge on any atom is -0.486 e. The monoisotopic (exact) mass is 575 g/mol. The highest BCUT2D eigenvalue weighted by Crippen LogP contribution is 2.47. The topological polar surface area (TPSA) is 112 Å². The summed E-state index contributed by atoms with van der Waals surface area (Å²) in [5.74, 6) is -1.16. The molecule has 0 saturated carbocycles. The Morgan fingerprint density at radius 3 is 2.46 bits per heavy atom. The third-order valence-corrected chi connectivity index (χ3v) is 7.72. The molecule has 0 aromatic heterocycles. The van der Waals surface area contributed by atoms with Gasteiger partial charge in [0.25, 0.3) is 5.91 Å². The molecule has 9 nitrogen and oxygen atoms in total. The minimum atomic E-state index is -4.55. The van der Waals surface area contributed by atoms with Gasteiger partial charge in [0.2, 0.25) is 5.91 Å². The lowest BCUT2D eigenvalue weighted by atomic mass is 9.77. The van der Waals surface area contributed by atoms with Crippen molar-refractivity contribution in [2.45, 2.75) is 30.3 Å². The van der Waals surface area contributed by atoms with E-state index in [1.807, 2.05) is 6.07 Å². The van der Waals surface area contributed by atoms with Crippen LogP contribution in [0, 0.1) is 0 Å². The summed E-state index contributed by atoms with van der Waals surface area (Å²) in [4.78, 5) is 30.7. The van der Waals surface area contributed by atoms with Crippen LogP contribution in [-0.4, -0.2) is 103 Å². The van der Waals surface area contributed by atoms with Gasteiger partial charge in [-0.1, -0.05) is 18.2 Å². The Labute approximate surface area is 235 Å². The van der Waals surface area contributed by atoms with E-state index in [0.717, 1.165) is 24.3 Å². The van der Waals surface area contributed by atoms with E-state index in [2.05, 4.69) is 10.2 Å². The molecule has 220 valence electrons. The second-order valence-corrected chi connectivity index (χ2v) is 10.2. The highest BCUT2D eigenvalue weighted by molar-refractivity contribution is 5.97. The fraction of sp³-hybridized carbons (Fsp3) is 0.448. The molecule has 2 amide bonds. The summed E-state index contributed by atoms with van der Waals surface area (Å²) in [5.41, 5.74) is 0.133. The Hall–Kier alpha value is -3.45. The highest BCUT2D eigenvalue weighted by atomic mass is 19.4. The van der Waals surface area contributed by atoms with Crippen LogP contribution >= 0.6 is 0 Å². The first kappa shape index (κ1) is 29.1. The fourth-order valence-corrected chi connectivity index (χ4v) is 5.62. The van der Waals surface area contributed by atoms with Crippen LogP contribution in [0.15, 0.2) is 60.2 Å². The first-order valence-corrected chi connectivity index (χ1v) is 13.5. The second kappa shape index (κ2) is 12.2. The van der Waals surface area contributed by atoms with Gasteiger partial charge in [-0.05, 0) is 36.4 Å². The number of alkyl halides is 3. The molecule has 2 aromatic carbocycles. The van der Waals surface area contributed by atoms with Gasteiger partial charge in [-0.25, -0.2) is 0 Å². The van der Waals surface area contributed by atoms with Gasteiger partial charge in [0.1, 0.15) is 18.0 Å². The lowest BCUT2D eigenvalue weighted by Crippen LogP contribution is -2.57. The Kier molecular flexibility index (Phi) is 8.64. The number of para-hydroxylation sites is 1. The predicted octanol–water partition coefficient (Wildman–Crippen LogP) is 1.80. The molecule has 0 spiro atoms. The van der Waals surface area contributed by atoms with Crippen molar-refractivity contribution in [1.29, 1.82) is 0 Å². The van der Waals surface area contributed by atoms with Gasteiger partial charge in [-0.2, -0.15) is 13.2 Å². The fourth-order valence-electron chi connectivity index (χ4n) is 5.62. The number of morpholine rings is 1. The van der Waals surface area contributed by atoms with E-state index in [4.69, 9.17) is 9.47 Å². The lowest BCUT2D eigenvalue weighted by molar-refractivity contribution is -0.137. The molecule has 1 aliphatic carbocycles. The molecular formula is C29H32F3N3O6. The highest BCUT2D eigenvalue weighted by Gasteiger charge is 2.50. The molecule has 2 aliphatic heterocycles. The number of aliphatic hydroxyl groups is 2. The summed E-state index contributed by atoms with van der Waals surface area (Å²) < 4.78 is 51.0. The predicted molar refractivity (Wildman–Crippen MR) is 141 cm³/mol. The normalized spacial score (nSPS) is 24.1. The summed E-state index contributed by atoms with van der Waals surface area (Å²) in [6.45, 7) is 2.64. The number of rotatable bonds is 8. The molecule has 0 bridgehead atoms. The Morgan fingerprint density at radius 1 is 1.07 bits per heavy atom. The van der Waals surface area contributed by atoms with Gasteiger partial charge in [0.05, 0.1) is 37.3 Å². The molecule has 2 aromatic rings. The van der Waals surface area contributed by atoms with Gasteiger partial charge in [0.15, 0.2) is 0 Å². The number of benzene rings is 2. The quantitative estimate of drug-likeness (QED) is 0.440. The van der Waals surface area contributed by atoms with Crippen LogP contribution < -0.4 is 10.1 Å². The van der Waals surface area contributed by atoms with Crippen LogP contribution in [0.1, 0.15) is 27.4 Å². The smallest absolute Gasteiger partial charge is 0.416 e. The van der Waals surface area contributed by atoms with Gasteiger partial charge in [-0.15, -0.1) is 0 Å². The van der Waals surface area contributed by atoms with Gasteiger partial charge >= 0.3 is 6.18 Å². The maximum absolute atomic E-state index is 13.9. The van der Waals surface area contributed by atoms with Crippen molar-refractivity contribution in [1.82, 2.24) is 15.1 Å². The minimum absolute atomic E-state index is 0.00845. The molecule has 3 N–H and O–H groups in total. The van der Waals surface area contributed by atoms with Gasteiger partial charge in [0, 0.05) is 49.4 Å². The number of halogens is 3. The van der Waals surface area contributed by atoms with E-state index < -0.39 is 47.7 Å². The third-order valence-electron chi connectivity index (χ3n) is 7.72. The number of nitrogens with zero attached hydrogens (tertiary/aromatic N) is 2. The zero-order valence-electron chi connectivity index (χ0n) is 22.2. The molecule has 2 heterocycles. The molecule has 41 heavy (non-hydrogen) atoms. The standard InChI is InChI=1S/C29H32F3N3O6/c30-29(31,32)19-7-5-18(6-8-19)28(39)35(11-10-34-12-15-40-16-13-34)22-17-21(27(38)33-9-14-36)24-20-3-1-2-4-23(20)41-26(24)25(22)37/h1-8,17,22,24-26,36-37H,9-16H2,(H,33,38). The van der Waals surface area contributed by atoms with Gasteiger partial charge in [-0.3, -0.25) is 14.5 Å². The van der Waals surface area contributed by atoms with E-state index >= 15 is 0 Å². The van der Waals surface area contributed by atoms with Crippen LogP contribution in [0.4, 0.5) is 13.2 Å². The summed E-state index contributed by atoms with van der Waals surface area (Å²) in [7, 11) is 0. The Balaban J connectivity index is 1.51. The molecule has 3 aliphatic rings. The lowest BCUT2D eigenvalue weighted by Gasteiger charge is -2.41. The average molecular weight is 576 g/mol. The molecular weight excluding hydrogens is 543 g/mol. The third kappa shape index (κ3) is 6.10. The number of amides is 2. The number of nitrogens with one attached hydrogen (secondary N) is 1. The molecule has 0 radical (unpaired) electrons. The van der Waals surface area contributed by atoms with Crippen molar-refractivity contribution in [3.8, 4) is 5.75 Å². The zero-order valence-corrected chi connectivity index (χ0v) is 22.2. The van der Waals surface area contributed by atoms with Crippen molar-refractivity contribution in [3.63, 3.8) is 0 Å². The first-order chi connectivity index (χ1) is 19.7. The Morgan fingerprint density at radius 2 is 1.78 bits per heavy atom. The van der Waals surface area contributed by atoms with Crippen molar-refractivity contribution in [3.05, 3.63) is 76.9 Å². The number of hydrogen-bond acceptors (Lipinski definition) is 7. The number of aliphatic hydroxyl groups excluding tert-OH is 2. The largest absolute Gasteiger partial charge is 0.486 e. The van der Waals surface area contributed by atoms with Crippen molar-refractivity contribution in [2.75, 3.05) is 52.5 Å². The molecule has 1 fully saturated rings. The maximum atomic E-state index is 13.9. The summed E-state index contributed by atoms with van der Waals surface area (Å²) in [6.07, 6.45) is -5.14. The van der Waals surface area contributed by atoms with Crippen LogP contribution in [0.5, 0.6) is 5.75 Å². The molecule has 1 saturated heterocycles. The Bertz CT molecular complexity index is 1280. The van der Waals surface area contributed by atoms with E-state index in [-0.39, 0.29) is 30.8 Å². The first-order valence-electron chi connectivity index (χ1n) is 13.5. The zero-order chi connectivity index (χ0) is 29.1. The number of fused-ring (bicyclic) bond motifs is 3. The molecule has 5 rings (SSSR count). The van der Waals surface area contributed by atoms with Crippen molar-refractivity contribution >= 4 is 11.8 Å². The van der Waals surface area contributed by atoms with Crippen LogP contribution in [-0.2, 0) is 15.7 Å². The van der Waals surface area contributed by atoms with Crippen molar-refractivity contribution in [2.24, 2.45) is 0 Å². The summed E-state index contributed by atoms with van der Waals surface area (Å²) in [5, 5.41) is 23.5. The molecule has 12 heteroatoms. The van der Waals surface area contributed by atoms with E-state index in [0.29, 0.717) is 44.2 Å². The summed E-state index contributed by atoms with van der Waals surface area (Å²) >= 11 is 0. The van der Waals surface area contributed by atoms with Crippen LogP contribution in [0.3, 0.4) is 0 Å².